The van der Waals surface area contributed by atoms with E-state index in [2.05, 4.69) is 0 Å². The normalized spacial score (nSPS) is 15.4. The van der Waals surface area contributed by atoms with Crippen molar-refractivity contribution < 1.29 is 18.4 Å². The first-order chi connectivity index (χ1) is 14.5. The lowest BCUT2D eigenvalue weighted by atomic mass is 10.1. The number of benzene rings is 3. The predicted octanol–water partition coefficient (Wildman–Crippen LogP) is 2.97. The van der Waals surface area contributed by atoms with Gasteiger partial charge < -0.3 is 4.90 Å². The van der Waals surface area contributed by atoms with E-state index in [4.69, 9.17) is 5.21 Å². The van der Waals surface area contributed by atoms with Crippen LogP contribution in [0.4, 0.5) is 5.69 Å². The maximum absolute atomic E-state index is 13.2. The summed E-state index contributed by atoms with van der Waals surface area (Å²) in [7, 11) is -3.62. The zero-order valence-corrected chi connectivity index (χ0v) is 16.9. The van der Waals surface area contributed by atoms with Crippen LogP contribution in [0.3, 0.4) is 0 Å². The number of nitrogens with one attached hydrogen (secondary N) is 1. The molecule has 1 heterocycles. The molecule has 0 bridgehead atoms. The molecule has 0 fully saturated rings. The van der Waals surface area contributed by atoms with E-state index in [9.17, 15) is 13.2 Å². The van der Waals surface area contributed by atoms with Gasteiger partial charge >= 0.3 is 0 Å². The highest BCUT2D eigenvalue weighted by Crippen LogP contribution is 2.34. The summed E-state index contributed by atoms with van der Waals surface area (Å²) in [5, 5.41) is 8.76. The van der Waals surface area contributed by atoms with Crippen LogP contribution in [0, 0.1) is 0 Å². The first-order valence-corrected chi connectivity index (χ1v) is 10.8. The molecule has 0 saturated heterocycles. The number of hydroxylamine groups is 1. The first-order valence-electron chi connectivity index (χ1n) is 9.40. The maximum Gasteiger partial charge on any atom is 0.274 e. The Morgan fingerprint density at radius 3 is 2.20 bits per heavy atom. The summed E-state index contributed by atoms with van der Waals surface area (Å²) in [6, 6.07) is 23.3. The Morgan fingerprint density at radius 2 is 1.50 bits per heavy atom. The molecular formula is C22H21N3O4S. The minimum Gasteiger partial charge on any atom is -0.352 e. The first kappa shape index (κ1) is 20.1. The van der Waals surface area contributed by atoms with Gasteiger partial charge in [-0.2, -0.15) is 4.31 Å². The Labute approximate surface area is 175 Å². The molecule has 3 aromatic rings. The summed E-state index contributed by atoms with van der Waals surface area (Å²) in [6.07, 6.45) is 0. The highest BCUT2D eigenvalue weighted by molar-refractivity contribution is 7.89. The molecule has 0 unspecified atom stereocenters. The van der Waals surface area contributed by atoms with Crippen LogP contribution in [0.5, 0.6) is 0 Å². The van der Waals surface area contributed by atoms with Crippen LogP contribution >= 0.6 is 0 Å². The molecular weight excluding hydrogens is 402 g/mol. The highest BCUT2D eigenvalue weighted by Gasteiger charge is 2.35. The average molecular weight is 423 g/mol. The van der Waals surface area contributed by atoms with Crippen LogP contribution < -0.4 is 10.4 Å². The molecule has 0 atom stereocenters. The minimum atomic E-state index is -3.62. The smallest absolute Gasteiger partial charge is 0.274 e. The molecule has 2 N–H and O–H groups in total. The lowest BCUT2D eigenvalue weighted by molar-refractivity contribution is 0.0706. The van der Waals surface area contributed by atoms with Crippen molar-refractivity contribution in [3.05, 3.63) is 95.6 Å². The second-order valence-electron chi connectivity index (χ2n) is 7.05. The average Bonchev–Trinajstić information content (AvgIpc) is 2.78. The third kappa shape index (κ3) is 3.93. The zero-order chi connectivity index (χ0) is 21.1. The van der Waals surface area contributed by atoms with Gasteiger partial charge in [-0.25, -0.2) is 13.9 Å². The molecule has 0 spiro atoms. The van der Waals surface area contributed by atoms with Crippen molar-refractivity contribution in [1.29, 1.82) is 0 Å². The van der Waals surface area contributed by atoms with Crippen LogP contribution in [0.1, 0.15) is 21.5 Å². The van der Waals surface area contributed by atoms with Gasteiger partial charge in [0.2, 0.25) is 10.0 Å². The molecule has 0 radical (unpaired) electrons. The number of carbonyl (C=O) groups is 1. The molecule has 1 amide bonds. The summed E-state index contributed by atoms with van der Waals surface area (Å²) < 4.78 is 27.9. The standard InChI is InChI=1S/C22H21N3O4S/c26-22(23-27)19-12-10-18(11-13-19)14-24-16-25(15-17-6-2-1-3-7-17)30(28,29)21-9-5-4-8-20(21)24/h1-13,27H,14-16H2,(H,23,26). The van der Waals surface area contributed by atoms with Gasteiger partial charge in [-0.3, -0.25) is 10.0 Å². The lowest BCUT2D eigenvalue weighted by Gasteiger charge is -2.37. The number of para-hydroxylation sites is 1. The summed E-state index contributed by atoms with van der Waals surface area (Å²) >= 11 is 0. The number of rotatable bonds is 5. The van der Waals surface area contributed by atoms with Crippen molar-refractivity contribution in [1.82, 2.24) is 9.79 Å². The molecule has 1 aliphatic heterocycles. The van der Waals surface area contributed by atoms with Crippen molar-refractivity contribution in [2.75, 3.05) is 11.6 Å². The SMILES string of the molecule is O=C(NO)c1ccc(CN2CN(Cc3ccccc3)S(=O)(=O)c3ccccc32)cc1. The minimum absolute atomic E-state index is 0.215. The Balaban J connectivity index is 1.64. The van der Waals surface area contributed by atoms with Crippen LogP contribution in [0.15, 0.2) is 83.8 Å². The number of hydrogen-bond acceptors (Lipinski definition) is 5. The van der Waals surface area contributed by atoms with Gasteiger partial charge in [-0.15, -0.1) is 0 Å². The van der Waals surface area contributed by atoms with Gasteiger partial charge in [0, 0.05) is 18.7 Å². The molecule has 8 heteroatoms. The van der Waals surface area contributed by atoms with Gasteiger partial charge in [0.15, 0.2) is 0 Å². The Kier molecular flexibility index (Phi) is 5.54. The van der Waals surface area contributed by atoms with Crippen molar-refractivity contribution in [2.24, 2.45) is 0 Å². The summed E-state index contributed by atoms with van der Waals surface area (Å²) in [5.74, 6) is -0.579. The van der Waals surface area contributed by atoms with Crippen molar-refractivity contribution in [3.63, 3.8) is 0 Å². The van der Waals surface area contributed by atoms with E-state index in [1.165, 1.54) is 4.31 Å². The number of nitrogens with zero attached hydrogens (tertiary/aromatic N) is 2. The van der Waals surface area contributed by atoms with E-state index in [0.717, 1.165) is 11.1 Å². The number of amides is 1. The van der Waals surface area contributed by atoms with E-state index >= 15 is 0 Å². The van der Waals surface area contributed by atoms with Crippen LogP contribution in [0.2, 0.25) is 0 Å². The largest absolute Gasteiger partial charge is 0.352 e. The topological polar surface area (TPSA) is 89.9 Å². The second kappa shape index (κ2) is 8.27. The highest BCUT2D eigenvalue weighted by atomic mass is 32.2. The number of fused-ring (bicyclic) bond motifs is 1. The van der Waals surface area contributed by atoms with Gasteiger partial charge in [0.05, 0.1) is 12.4 Å². The zero-order valence-electron chi connectivity index (χ0n) is 16.1. The fourth-order valence-corrected chi connectivity index (χ4v) is 5.12. The van der Waals surface area contributed by atoms with E-state index in [1.54, 1.807) is 47.9 Å². The lowest BCUT2D eigenvalue weighted by Crippen LogP contribution is -2.45. The monoisotopic (exact) mass is 423 g/mol. The molecule has 7 nitrogen and oxygen atoms in total. The van der Waals surface area contributed by atoms with Crippen LogP contribution in [-0.2, 0) is 23.1 Å². The molecule has 0 saturated carbocycles. The fourth-order valence-electron chi connectivity index (χ4n) is 3.52. The van der Waals surface area contributed by atoms with E-state index < -0.39 is 15.9 Å². The number of carbonyl (C=O) groups excluding carboxylic acids is 1. The van der Waals surface area contributed by atoms with Gasteiger partial charge in [-0.1, -0.05) is 54.6 Å². The molecule has 30 heavy (non-hydrogen) atoms. The number of anilines is 1. The van der Waals surface area contributed by atoms with Gasteiger partial charge in [0.1, 0.15) is 4.90 Å². The van der Waals surface area contributed by atoms with Gasteiger partial charge in [0.25, 0.3) is 5.91 Å². The predicted molar refractivity (Wildman–Crippen MR) is 112 cm³/mol. The molecule has 3 aromatic carbocycles. The molecule has 0 aliphatic carbocycles. The summed E-state index contributed by atoms with van der Waals surface area (Å²) in [5.41, 5.74) is 4.43. The van der Waals surface area contributed by atoms with Gasteiger partial charge in [-0.05, 0) is 35.4 Å². The van der Waals surface area contributed by atoms with Crippen molar-refractivity contribution in [3.8, 4) is 0 Å². The molecule has 0 aromatic heterocycles. The van der Waals surface area contributed by atoms with E-state index in [1.807, 2.05) is 41.3 Å². The second-order valence-corrected chi connectivity index (χ2v) is 8.95. The van der Waals surface area contributed by atoms with Crippen LogP contribution in [-0.4, -0.2) is 30.5 Å². The van der Waals surface area contributed by atoms with Crippen LogP contribution in [0.25, 0.3) is 0 Å². The molecule has 154 valence electrons. The Hall–Kier alpha value is -3.20. The molecule has 1 aliphatic rings. The van der Waals surface area contributed by atoms with Crippen molar-refractivity contribution >= 4 is 21.6 Å². The summed E-state index contributed by atoms with van der Waals surface area (Å²) in [4.78, 5) is 13.8. The van der Waals surface area contributed by atoms with E-state index in [-0.39, 0.29) is 18.1 Å². The third-order valence-electron chi connectivity index (χ3n) is 5.05. The number of hydrogen-bond donors (Lipinski definition) is 2. The Bertz CT molecular complexity index is 1150. The van der Waals surface area contributed by atoms with E-state index in [0.29, 0.717) is 17.8 Å². The Morgan fingerprint density at radius 1 is 0.867 bits per heavy atom. The fraction of sp³-hybridized carbons (Fsp3) is 0.136. The third-order valence-corrected chi connectivity index (χ3v) is 6.87. The molecule has 4 rings (SSSR count). The summed E-state index contributed by atoms with van der Waals surface area (Å²) in [6.45, 7) is 0.968. The maximum atomic E-state index is 13.2. The number of sulfonamides is 1. The quantitative estimate of drug-likeness (QED) is 0.486. The van der Waals surface area contributed by atoms with Crippen molar-refractivity contribution in [2.45, 2.75) is 18.0 Å².